The van der Waals surface area contributed by atoms with Gasteiger partial charge in [0.25, 0.3) is 15.9 Å². The Morgan fingerprint density at radius 3 is 2.39 bits per heavy atom. The lowest BCUT2D eigenvalue weighted by molar-refractivity contribution is 0.0996. The Hall–Kier alpha value is -3.65. The van der Waals surface area contributed by atoms with Gasteiger partial charge < -0.3 is 11.1 Å². The van der Waals surface area contributed by atoms with Crippen LogP contribution in [0.4, 0.5) is 11.4 Å². The van der Waals surface area contributed by atoms with Crippen LogP contribution in [0, 0.1) is 0 Å². The van der Waals surface area contributed by atoms with Crippen molar-refractivity contribution in [2.45, 2.75) is 17.7 Å². The first-order chi connectivity index (χ1) is 14.9. The van der Waals surface area contributed by atoms with Crippen LogP contribution in [-0.4, -0.2) is 26.8 Å². The molecule has 3 aromatic carbocycles. The molecule has 1 aliphatic heterocycles. The fourth-order valence-corrected chi connectivity index (χ4v) is 5.15. The summed E-state index contributed by atoms with van der Waals surface area (Å²) in [4.78, 5) is 24.0. The Balaban J connectivity index is 1.55. The fraction of sp³-hybridized carbons (Fsp3) is 0.130. The molecular weight excluding hydrogens is 414 g/mol. The minimum atomic E-state index is -3.74. The lowest BCUT2D eigenvalue weighted by Crippen LogP contribution is -2.35. The van der Waals surface area contributed by atoms with Crippen molar-refractivity contribution in [1.82, 2.24) is 0 Å². The third kappa shape index (κ3) is 4.15. The molecule has 0 spiro atoms. The van der Waals surface area contributed by atoms with Gasteiger partial charge in [-0.05, 0) is 66.9 Å². The maximum Gasteiger partial charge on any atom is 0.264 e. The Labute approximate surface area is 180 Å². The first kappa shape index (κ1) is 20.6. The molecule has 3 aromatic rings. The van der Waals surface area contributed by atoms with Crippen molar-refractivity contribution in [1.29, 1.82) is 0 Å². The molecule has 1 heterocycles. The van der Waals surface area contributed by atoms with Crippen LogP contribution in [0.25, 0.3) is 0 Å². The molecule has 1 aliphatic rings. The molecule has 7 nitrogen and oxygen atoms in total. The predicted molar refractivity (Wildman–Crippen MR) is 119 cm³/mol. The molecule has 0 bridgehead atoms. The first-order valence-corrected chi connectivity index (χ1v) is 11.2. The van der Waals surface area contributed by atoms with Crippen molar-refractivity contribution in [3.05, 3.63) is 89.5 Å². The van der Waals surface area contributed by atoms with Crippen LogP contribution in [0.15, 0.2) is 77.7 Å². The Morgan fingerprint density at radius 2 is 1.65 bits per heavy atom. The number of hydrogen-bond donors (Lipinski definition) is 2. The van der Waals surface area contributed by atoms with Gasteiger partial charge >= 0.3 is 0 Å². The quantitative estimate of drug-likeness (QED) is 0.641. The number of rotatable bonds is 5. The second kappa shape index (κ2) is 8.23. The number of nitrogens with zero attached hydrogens (tertiary/aromatic N) is 1. The number of primary amides is 1. The molecule has 4 rings (SSSR count). The van der Waals surface area contributed by atoms with Crippen LogP contribution in [0.5, 0.6) is 0 Å². The Morgan fingerprint density at radius 1 is 0.903 bits per heavy atom. The number of carbonyl (C=O) groups is 2. The van der Waals surface area contributed by atoms with Crippen LogP contribution >= 0.6 is 0 Å². The maximum atomic E-state index is 13.2. The zero-order valence-corrected chi connectivity index (χ0v) is 17.4. The standard InChI is InChI=1S/C23H21N3O4S/c24-22(27)18-6-3-8-19(15-18)25-23(28)17-10-12-20(13-11-17)31(29,30)26-14-4-7-16-5-1-2-9-21(16)26/h1-3,5-6,8-13,15H,4,7,14H2,(H2,24,27)(H,25,28). The summed E-state index contributed by atoms with van der Waals surface area (Å²) >= 11 is 0. The molecule has 0 aromatic heterocycles. The number of para-hydroxylation sites is 1. The molecule has 0 atom stereocenters. The second-order valence-corrected chi connectivity index (χ2v) is 9.10. The number of nitrogens with two attached hydrogens (primary N) is 1. The highest BCUT2D eigenvalue weighted by Gasteiger charge is 2.28. The number of hydrogen-bond acceptors (Lipinski definition) is 4. The number of amides is 2. The van der Waals surface area contributed by atoms with Gasteiger partial charge in [-0.2, -0.15) is 0 Å². The van der Waals surface area contributed by atoms with Crippen molar-refractivity contribution >= 4 is 33.2 Å². The summed E-state index contributed by atoms with van der Waals surface area (Å²) in [6, 6.07) is 19.6. The molecule has 31 heavy (non-hydrogen) atoms. The van der Waals surface area contributed by atoms with Crippen molar-refractivity contribution in [3.63, 3.8) is 0 Å². The zero-order valence-electron chi connectivity index (χ0n) is 16.6. The normalized spacial score (nSPS) is 13.4. The molecule has 8 heteroatoms. The van der Waals surface area contributed by atoms with Gasteiger partial charge in [0.15, 0.2) is 0 Å². The molecular formula is C23H21N3O4S. The van der Waals surface area contributed by atoms with Gasteiger partial charge in [0.1, 0.15) is 0 Å². The average Bonchev–Trinajstić information content (AvgIpc) is 2.79. The van der Waals surface area contributed by atoms with Gasteiger partial charge in [-0.1, -0.05) is 24.3 Å². The molecule has 2 amide bonds. The lowest BCUT2D eigenvalue weighted by Gasteiger charge is -2.30. The van der Waals surface area contributed by atoms with E-state index in [9.17, 15) is 18.0 Å². The van der Waals surface area contributed by atoms with Gasteiger partial charge in [0.2, 0.25) is 5.91 Å². The number of anilines is 2. The first-order valence-electron chi connectivity index (χ1n) is 9.78. The molecule has 0 fully saturated rings. The minimum absolute atomic E-state index is 0.122. The predicted octanol–water partition coefficient (Wildman–Crippen LogP) is 3.18. The maximum absolute atomic E-state index is 13.2. The molecule has 0 unspecified atom stereocenters. The Bertz CT molecular complexity index is 1250. The highest BCUT2D eigenvalue weighted by atomic mass is 32.2. The van der Waals surface area contributed by atoms with Gasteiger partial charge in [0.05, 0.1) is 10.6 Å². The summed E-state index contributed by atoms with van der Waals surface area (Å²) < 4.78 is 27.8. The van der Waals surface area contributed by atoms with Crippen molar-refractivity contribution < 1.29 is 18.0 Å². The monoisotopic (exact) mass is 435 g/mol. The van der Waals surface area contributed by atoms with E-state index in [-0.39, 0.29) is 10.5 Å². The number of fused-ring (bicyclic) bond motifs is 1. The topological polar surface area (TPSA) is 110 Å². The number of nitrogens with one attached hydrogen (secondary N) is 1. The SMILES string of the molecule is NC(=O)c1cccc(NC(=O)c2ccc(S(=O)(=O)N3CCCc4ccccc43)cc2)c1. The number of aryl methyl sites for hydroxylation is 1. The smallest absolute Gasteiger partial charge is 0.264 e. The molecule has 0 aliphatic carbocycles. The van der Waals surface area contributed by atoms with Crippen LogP contribution in [0.1, 0.15) is 32.7 Å². The van der Waals surface area contributed by atoms with E-state index in [1.807, 2.05) is 24.3 Å². The van der Waals surface area contributed by atoms with E-state index in [0.717, 1.165) is 18.4 Å². The van der Waals surface area contributed by atoms with Gasteiger partial charge in [-0.15, -0.1) is 0 Å². The van der Waals surface area contributed by atoms with E-state index in [2.05, 4.69) is 5.32 Å². The van der Waals surface area contributed by atoms with E-state index in [1.165, 1.54) is 34.6 Å². The summed E-state index contributed by atoms with van der Waals surface area (Å²) in [5, 5.41) is 2.68. The van der Waals surface area contributed by atoms with E-state index in [0.29, 0.717) is 23.5 Å². The fourth-order valence-electron chi connectivity index (χ4n) is 3.61. The molecule has 158 valence electrons. The Kier molecular flexibility index (Phi) is 5.48. The summed E-state index contributed by atoms with van der Waals surface area (Å²) in [7, 11) is -3.74. The third-order valence-electron chi connectivity index (χ3n) is 5.18. The third-order valence-corrected chi connectivity index (χ3v) is 7.00. The zero-order chi connectivity index (χ0) is 22.0. The second-order valence-electron chi connectivity index (χ2n) is 7.23. The van der Waals surface area contributed by atoms with E-state index in [1.54, 1.807) is 18.2 Å². The van der Waals surface area contributed by atoms with Crippen LogP contribution in [0.2, 0.25) is 0 Å². The van der Waals surface area contributed by atoms with Crippen LogP contribution in [-0.2, 0) is 16.4 Å². The summed E-state index contributed by atoms with van der Waals surface area (Å²) in [5.74, 6) is -1.01. The molecule has 0 saturated carbocycles. The number of sulfonamides is 1. The molecule has 0 saturated heterocycles. The van der Waals surface area contributed by atoms with E-state index < -0.39 is 21.8 Å². The van der Waals surface area contributed by atoms with E-state index in [4.69, 9.17) is 5.73 Å². The summed E-state index contributed by atoms with van der Waals surface area (Å²) in [5.41, 5.74) is 7.96. The van der Waals surface area contributed by atoms with Crippen molar-refractivity contribution in [2.24, 2.45) is 5.73 Å². The largest absolute Gasteiger partial charge is 0.366 e. The summed E-state index contributed by atoms with van der Waals surface area (Å²) in [6.07, 6.45) is 1.60. The van der Waals surface area contributed by atoms with Gasteiger partial charge in [-0.3, -0.25) is 13.9 Å². The highest BCUT2D eigenvalue weighted by molar-refractivity contribution is 7.92. The van der Waals surface area contributed by atoms with Crippen molar-refractivity contribution in [3.8, 4) is 0 Å². The molecule has 3 N–H and O–H groups in total. The van der Waals surface area contributed by atoms with E-state index >= 15 is 0 Å². The van der Waals surface area contributed by atoms with Gasteiger partial charge in [-0.25, -0.2) is 8.42 Å². The minimum Gasteiger partial charge on any atom is -0.366 e. The number of benzene rings is 3. The molecule has 0 radical (unpaired) electrons. The lowest BCUT2D eigenvalue weighted by atomic mass is 10.0. The van der Waals surface area contributed by atoms with Gasteiger partial charge in [0, 0.05) is 23.4 Å². The van der Waals surface area contributed by atoms with Crippen LogP contribution in [0.3, 0.4) is 0 Å². The van der Waals surface area contributed by atoms with Crippen molar-refractivity contribution in [2.75, 3.05) is 16.2 Å². The van der Waals surface area contributed by atoms with Crippen LogP contribution < -0.4 is 15.4 Å². The summed E-state index contributed by atoms with van der Waals surface area (Å²) in [6.45, 7) is 0.414. The average molecular weight is 436 g/mol. The highest BCUT2D eigenvalue weighted by Crippen LogP contribution is 2.31. The number of carbonyl (C=O) groups excluding carboxylic acids is 2.